The van der Waals surface area contributed by atoms with Crippen molar-refractivity contribution in [1.29, 1.82) is 0 Å². The first-order valence-corrected chi connectivity index (χ1v) is 21.3. The third kappa shape index (κ3) is 14.3. The number of benzene rings is 2. The summed E-state index contributed by atoms with van der Waals surface area (Å²) in [7, 11) is 0. The largest absolute Gasteiger partial charge is 0.494 e. The summed E-state index contributed by atoms with van der Waals surface area (Å²) in [5, 5.41) is 4.43. The third-order valence-electron chi connectivity index (χ3n) is 9.75. The smallest absolute Gasteiger partial charge is 0.307 e. The molecule has 0 amide bonds. The number of thiophene rings is 1. The number of unbranched alkanes of at least 4 members (excludes halogenated alkanes) is 1. The summed E-state index contributed by atoms with van der Waals surface area (Å²) < 4.78 is 14.5. The summed E-state index contributed by atoms with van der Waals surface area (Å²) in [6.07, 6.45) is 34.6. The van der Waals surface area contributed by atoms with Crippen molar-refractivity contribution >= 4 is 44.0 Å². The van der Waals surface area contributed by atoms with E-state index < -0.39 is 0 Å². The van der Waals surface area contributed by atoms with E-state index in [1.165, 1.54) is 26.4 Å². The molecule has 0 spiro atoms. The molecule has 1 fully saturated rings. The van der Waals surface area contributed by atoms with Crippen LogP contribution >= 0.6 is 11.3 Å². The molecule has 56 heavy (non-hydrogen) atoms. The number of piperazine rings is 1. The molecule has 1 aliphatic rings. The van der Waals surface area contributed by atoms with Gasteiger partial charge in [-0.05, 0) is 111 Å². The van der Waals surface area contributed by atoms with Gasteiger partial charge in [0.15, 0.2) is 6.73 Å². The molecule has 296 valence electrons. The first kappa shape index (κ1) is 42.2. The van der Waals surface area contributed by atoms with Crippen LogP contribution in [-0.2, 0) is 16.3 Å². The van der Waals surface area contributed by atoms with Gasteiger partial charge in [0, 0.05) is 60.5 Å². The molecular formula is C48H59N3O4S. The van der Waals surface area contributed by atoms with Crippen LogP contribution in [0.1, 0.15) is 71.1 Å². The van der Waals surface area contributed by atoms with Crippen molar-refractivity contribution < 1.29 is 14.3 Å². The minimum atomic E-state index is -0.331. The van der Waals surface area contributed by atoms with E-state index in [1.807, 2.05) is 24.3 Å². The van der Waals surface area contributed by atoms with E-state index in [1.54, 1.807) is 17.4 Å². The van der Waals surface area contributed by atoms with Gasteiger partial charge in [0.05, 0.1) is 12.1 Å². The molecule has 8 heteroatoms. The van der Waals surface area contributed by atoms with E-state index in [0.29, 0.717) is 24.3 Å². The molecule has 0 saturated carbocycles. The van der Waals surface area contributed by atoms with Gasteiger partial charge in [0.1, 0.15) is 5.75 Å². The average Bonchev–Trinajstić information content (AvgIpc) is 3.71. The van der Waals surface area contributed by atoms with Gasteiger partial charge in [0.25, 0.3) is 5.56 Å². The number of nitrogens with zero attached hydrogens (tertiary/aromatic N) is 3. The molecular weight excluding hydrogens is 715 g/mol. The number of hydrogen-bond acceptors (Lipinski definition) is 7. The summed E-state index contributed by atoms with van der Waals surface area (Å²) in [5.74, 6) is 0.374. The Morgan fingerprint density at radius 3 is 2.11 bits per heavy atom. The Balaban J connectivity index is 0.936. The van der Waals surface area contributed by atoms with Crippen LogP contribution in [0.15, 0.2) is 138 Å². The fourth-order valence-corrected chi connectivity index (χ4v) is 7.44. The SMILES string of the molecule is CCC=CCC=CCC=CCC=CCC=CCC=CCCC(=O)OCn1c(=O)ccc2ccc(OCCCCN3CCN(c4cccc5sccc45)CC3)cc21. The summed E-state index contributed by atoms with van der Waals surface area (Å²) in [5.41, 5.74) is 1.83. The number of allylic oxidation sites excluding steroid dienone is 12. The number of aromatic nitrogens is 1. The first-order valence-electron chi connectivity index (χ1n) is 20.4. The molecule has 0 radical (unpaired) electrons. The van der Waals surface area contributed by atoms with E-state index >= 15 is 0 Å². The van der Waals surface area contributed by atoms with Crippen molar-refractivity contribution in [2.45, 2.75) is 77.9 Å². The minimum Gasteiger partial charge on any atom is -0.494 e. The van der Waals surface area contributed by atoms with Crippen LogP contribution in [0.2, 0.25) is 0 Å². The van der Waals surface area contributed by atoms with Gasteiger partial charge < -0.3 is 14.4 Å². The predicted molar refractivity (Wildman–Crippen MR) is 237 cm³/mol. The van der Waals surface area contributed by atoms with E-state index in [-0.39, 0.29) is 24.7 Å². The molecule has 1 aliphatic heterocycles. The Bertz CT molecular complexity index is 2030. The summed E-state index contributed by atoms with van der Waals surface area (Å²) in [6.45, 7) is 7.91. The van der Waals surface area contributed by atoms with Gasteiger partial charge in [-0.2, -0.15) is 0 Å². The minimum absolute atomic E-state index is 0.127. The second-order valence-electron chi connectivity index (χ2n) is 13.9. The van der Waals surface area contributed by atoms with Crippen LogP contribution in [0.25, 0.3) is 21.0 Å². The lowest BCUT2D eigenvalue weighted by Gasteiger charge is -2.36. The zero-order valence-electron chi connectivity index (χ0n) is 33.1. The maximum absolute atomic E-state index is 12.8. The molecule has 0 atom stereocenters. The first-order chi connectivity index (χ1) is 27.6. The quantitative estimate of drug-likeness (QED) is 0.0425. The van der Waals surface area contributed by atoms with E-state index in [2.05, 4.69) is 113 Å². The lowest BCUT2D eigenvalue weighted by molar-refractivity contribution is -0.147. The molecule has 0 unspecified atom stereocenters. The number of ether oxygens (including phenoxy) is 2. The molecule has 0 bridgehead atoms. The Morgan fingerprint density at radius 1 is 0.750 bits per heavy atom. The highest BCUT2D eigenvalue weighted by molar-refractivity contribution is 7.17. The fourth-order valence-electron chi connectivity index (χ4n) is 6.63. The monoisotopic (exact) mass is 773 g/mol. The van der Waals surface area contributed by atoms with Gasteiger partial charge in [-0.1, -0.05) is 85.9 Å². The van der Waals surface area contributed by atoms with Crippen LogP contribution in [-0.4, -0.2) is 54.8 Å². The van der Waals surface area contributed by atoms with Crippen molar-refractivity contribution in [3.05, 3.63) is 143 Å². The van der Waals surface area contributed by atoms with Gasteiger partial charge in [-0.25, -0.2) is 0 Å². The second kappa shape index (κ2) is 24.6. The molecule has 3 heterocycles. The van der Waals surface area contributed by atoms with Gasteiger partial charge in [-0.15, -0.1) is 11.3 Å². The highest BCUT2D eigenvalue weighted by Gasteiger charge is 2.18. The standard InChI is InChI=1S/C48H59N3O4S/c1-2-3-4-5-6-7-8-9-10-11-12-13-14-15-16-17-18-19-20-26-48(53)55-40-51-45-39-42(29-27-41(45)28-30-47(51)52)54-37-22-21-32-49-33-35-50(36-34-49)44-24-23-25-46-43(44)31-38-56-46/h3-4,6-7,9-10,12-13,15-16,18-19,23-25,27-31,38-39H,2,5,8,11,14,17,20-22,26,32-37,40H2,1H3. The average molecular weight is 774 g/mol. The highest BCUT2D eigenvalue weighted by Crippen LogP contribution is 2.31. The number of carbonyl (C=O) groups excluding carboxylic acids is 1. The molecule has 7 nitrogen and oxygen atoms in total. The predicted octanol–water partition coefficient (Wildman–Crippen LogP) is 11.2. The maximum atomic E-state index is 12.8. The third-order valence-corrected chi connectivity index (χ3v) is 10.6. The van der Waals surface area contributed by atoms with Crippen molar-refractivity contribution in [3.63, 3.8) is 0 Å². The number of anilines is 1. The normalized spacial score (nSPS) is 14.4. The van der Waals surface area contributed by atoms with Crippen molar-refractivity contribution in [3.8, 4) is 5.75 Å². The summed E-state index contributed by atoms with van der Waals surface area (Å²) in [4.78, 5) is 30.4. The topological polar surface area (TPSA) is 64.0 Å². The molecule has 0 aliphatic carbocycles. The van der Waals surface area contributed by atoms with Gasteiger partial charge in [0.2, 0.25) is 0 Å². The number of hydrogen-bond donors (Lipinski definition) is 0. The molecule has 2 aromatic heterocycles. The molecule has 1 saturated heterocycles. The van der Waals surface area contributed by atoms with E-state index in [0.717, 1.165) is 89.5 Å². The Morgan fingerprint density at radius 2 is 1.41 bits per heavy atom. The van der Waals surface area contributed by atoms with Gasteiger partial charge >= 0.3 is 5.97 Å². The molecule has 0 N–H and O–H groups in total. The lowest BCUT2D eigenvalue weighted by atomic mass is 10.2. The summed E-state index contributed by atoms with van der Waals surface area (Å²) >= 11 is 1.80. The second-order valence-corrected chi connectivity index (χ2v) is 14.9. The van der Waals surface area contributed by atoms with E-state index in [4.69, 9.17) is 9.47 Å². The molecule has 2 aromatic carbocycles. The number of rotatable bonds is 23. The highest BCUT2D eigenvalue weighted by atomic mass is 32.1. The fraction of sp³-hybridized carbons (Fsp3) is 0.375. The Labute approximate surface area is 337 Å². The van der Waals surface area contributed by atoms with Crippen molar-refractivity contribution in [2.24, 2.45) is 0 Å². The van der Waals surface area contributed by atoms with E-state index in [9.17, 15) is 9.59 Å². The number of pyridine rings is 1. The zero-order valence-corrected chi connectivity index (χ0v) is 33.9. The number of fused-ring (bicyclic) bond motifs is 2. The van der Waals surface area contributed by atoms with Crippen LogP contribution in [0.3, 0.4) is 0 Å². The maximum Gasteiger partial charge on any atom is 0.307 e. The zero-order chi connectivity index (χ0) is 39.0. The molecule has 5 rings (SSSR count). The van der Waals surface area contributed by atoms with Crippen LogP contribution < -0.4 is 15.2 Å². The number of esters is 1. The summed E-state index contributed by atoms with van der Waals surface area (Å²) in [6, 6.07) is 17.9. The van der Waals surface area contributed by atoms with Crippen LogP contribution in [0, 0.1) is 0 Å². The number of carbonyl (C=O) groups is 1. The van der Waals surface area contributed by atoms with Crippen molar-refractivity contribution in [2.75, 3.05) is 44.2 Å². The molecule has 4 aromatic rings. The van der Waals surface area contributed by atoms with Gasteiger partial charge in [-0.3, -0.25) is 19.1 Å². The Kier molecular flexibility index (Phi) is 18.5. The van der Waals surface area contributed by atoms with Crippen LogP contribution in [0.4, 0.5) is 5.69 Å². The lowest BCUT2D eigenvalue weighted by Crippen LogP contribution is -2.46. The Hall–Kier alpha value is -4.92. The van der Waals surface area contributed by atoms with Crippen molar-refractivity contribution in [1.82, 2.24) is 9.47 Å². The van der Waals surface area contributed by atoms with Crippen LogP contribution in [0.5, 0.6) is 5.75 Å².